The van der Waals surface area contributed by atoms with Gasteiger partial charge in [-0.05, 0) is 41.8 Å². The van der Waals surface area contributed by atoms with Crippen molar-refractivity contribution in [1.82, 2.24) is 4.90 Å². The largest absolute Gasteiger partial charge is 0.497 e. The minimum Gasteiger partial charge on any atom is -0.497 e. The van der Waals surface area contributed by atoms with Crippen molar-refractivity contribution >= 4 is 11.6 Å². The molecule has 0 spiro atoms. The van der Waals surface area contributed by atoms with Crippen LogP contribution in [-0.2, 0) is 10.3 Å². The monoisotopic (exact) mass is 417 g/mol. The lowest BCUT2D eigenvalue weighted by molar-refractivity contribution is -0.0293. The minimum atomic E-state index is -0.978. The van der Waals surface area contributed by atoms with Crippen molar-refractivity contribution in [2.75, 3.05) is 40.0 Å². The molecule has 0 amide bonds. The van der Waals surface area contributed by atoms with E-state index in [4.69, 9.17) is 21.1 Å². The molecular formula is C24H32ClNO3. The van der Waals surface area contributed by atoms with E-state index in [-0.39, 0.29) is 5.92 Å². The van der Waals surface area contributed by atoms with Gasteiger partial charge in [0.05, 0.1) is 25.9 Å². The quantitative estimate of drug-likeness (QED) is 0.633. The molecule has 0 unspecified atom stereocenters. The number of benzene rings is 2. The first kappa shape index (κ1) is 22.1. The van der Waals surface area contributed by atoms with E-state index in [1.807, 2.05) is 48.5 Å². The summed E-state index contributed by atoms with van der Waals surface area (Å²) < 4.78 is 10.9. The van der Waals surface area contributed by atoms with Crippen LogP contribution >= 0.6 is 11.6 Å². The molecule has 3 rings (SSSR count). The van der Waals surface area contributed by atoms with Gasteiger partial charge >= 0.3 is 0 Å². The third kappa shape index (κ3) is 5.52. The predicted molar refractivity (Wildman–Crippen MR) is 118 cm³/mol. The Kier molecular flexibility index (Phi) is 7.96. The van der Waals surface area contributed by atoms with E-state index < -0.39 is 5.60 Å². The zero-order chi connectivity index (χ0) is 20.7. The molecule has 29 heavy (non-hydrogen) atoms. The molecule has 2 aromatic rings. The third-order valence-electron chi connectivity index (χ3n) is 5.89. The van der Waals surface area contributed by atoms with Crippen LogP contribution in [0.3, 0.4) is 0 Å². The summed E-state index contributed by atoms with van der Waals surface area (Å²) in [7, 11) is 1.66. The molecule has 4 nitrogen and oxygen atoms in total. The van der Waals surface area contributed by atoms with Crippen LogP contribution in [0.25, 0.3) is 0 Å². The molecule has 1 saturated heterocycles. The van der Waals surface area contributed by atoms with Crippen LogP contribution in [0.5, 0.6) is 5.75 Å². The molecule has 1 heterocycles. The van der Waals surface area contributed by atoms with E-state index in [0.29, 0.717) is 11.4 Å². The zero-order valence-electron chi connectivity index (χ0n) is 17.4. The molecule has 2 atom stereocenters. The summed E-state index contributed by atoms with van der Waals surface area (Å²) in [6, 6.07) is 15.8. The van der Waals surface area contributed by atoms with Crippen molar-refractivity contribution < 1.29 is 14.6 Å². The van der Waals surface area contributed by atoms with E-state index in [1.165, 1.54) is 0 Å². The molecule has 0 saturated carbocycles. The van der Waals surface area contributed by atoms with Crippen molar-refractivity contribution in [2.24, 2.45) is 0 Å². The molecule has 1 N–H and O–H groups in total. The lowest BCUT2D eigenvalue weighted by Gasteiger charge is -2.41. The molecule has 0 bridgehead atoms. The number of unbranched alkanes of at least 4 members (excludes halogenated alkanes) is 1. The number of ether oxygens (including phenoxy) is 2. The van der Waals surface area contributed by atoms with Crippen LogP contribution in [0.1, 0.15) is 43.2 Å². The normalized spacial score (nSPS) is 18.2. The van der Waals surface area contributed by atoms with E-state index >= 15 is 0 Å². The SMILES string of the molecule is CCCC[C@@](O)(c1ccc(OC)cc1)[C@H](CN1CCOCC1)c1ccc(Cl)cc1. The first-order valence-electron chi connectivity index (χ1n) is 10.5. The highest BCUT2D eigenvalue weighted by atomic mass is 35.5. The molecule has 1 aliphatic rings. The van der Waals surface area contributed by atoms with Crippen molar-refractivity contribution in [3.8, 4) is 5.75 Å². The molecule has 1 aliphatic heterocycles. The van der Waals surface area contributed by atoms with Gasteiger partial charge in [-0.25, -0.2) is 0 Å². The lowest BCUT2D eigenvalue weighted by Crippen LogP contribution is -2.45. The lowest BCUT2D eigenvalue weighted by atomic mass is 9.74. The van der Waals surface area contributed by atoms with Crippen molar-refractivity contribution in [1.29, 1.82) is 0 Å². The van der Waals surface area contributed by atoms with Gasteiger partial charge < -0.3 is 14.6 Å². The molecule has 0 aromatic heterocycles. The van der Waals surface area contributed by atoms with E-state index in [9.17, 15) is 5.11 Å². The smallest absolute Gasteiger partial charge is 0.118 e. The molecule has 2 aromatic carbocycles. The van der Waals surface area contributed by atoms with E-state index in [1.54, 1.807) is 7.11 Å². The van der Waals surface area contributed by atoms with Gasteiger partial charge in [0.15, 0.2) is 0 Å². The summed E-state index contributed by atoms with van der Waals surface area (Å²) in [6.07, 6.45) is 2.69. The second-order valence-corrected chi connectivity index (χ2v) is 8.21. The van der Waals surface area contributed by atoms with Crippen molar-refractivity contribution in [3.63, 3.8) is 0 Å². The first-order chi connectivity index (χ1) is 14.1. The van der Waals surface area contributed by atoms with Gasteiger partial charge in [0.1, 0.15) is 5.75 Å². The Morgan fingerprint density at radius 2 is 1.76 bits per heavy atom. The summed E-state index contributed by atoms with van der Waals surface area (Å²) in [4.78, 5) is 2.39. The van der Waals surface area contributed by atoms with Crippen LogP contribution in [0, 0.1) is 0 Å². The van der Waals surface area contributed by atoms with Gasteiger partial charge in [-0.2, -0.15) is 0 Å². The average Bonchev–Trinajstić information content (AvgIpc) is 2.77. The Hall–Kier alpha value is -1.59. The van der Waals surface area contributed by atoms with Gasteiger partial charge in [-0.15, -0.1) is 0 Å². The second-order valence-electron chi connectivity index (χ2n) is 7.77. The summed E-state index contributed by atoms with van der Waals surface area (Å²) in [5.74, 6) is 0.723. The van der Waals surface area contributed by atoms with Crippen LogP contribution < -0.4 is 4.74 Å². The van der Waals surface area contributed by atoms with Crippen LogP contribution in [0.15, 0.2) is 48.5 Å². The molecular weight excluding hydrogens is 386 g/mol. The Balaban J connectivity index is 2.00. The van der Waals surface area contributed by atoms with Crippen LogP contribution in [-0.4, -0.2) is 50.0 Å². The number of nitrogens with zero attached hydrogens (tertiary/aromatic N) is 1. The number of morpholine rings is 1. The van der Waals surface area contributed by atoms with Gasteiger partial charge in [-0.3, -0.25) is 4.90 Å². The van der Waals surface area contributed by atoms with E-state index in [2.05, 4.69) is 11.8 Å². The summed E-state index contributed by atoms with van der Waals surface area (Å²) >= 11 is 6.15. The fraction of sp³-hybridized carbons (Fsp3) is 0.500. The highest BCUT2D eigenvalue weighted by Gasteiger charge is 2.40. The Labute approximate surface area is 179 Å². The van der Waals surface area contributed by atoms with E-state index in [0.717, 1.165) is 62.6 Å². The molecule has 1 fully saturated rings. The number of hydrogen-bond donors (Lipinski definition) is 1. The number of methoxy groups -OCH3 is 1. The molecule has 0 radical (unpaired) electrons. The second kappa shape index (κ2) is 10.4. The third-order valence-corrected chi connectivity index (χ3v) is 6.15. The minimum absolute atomic E-state index is 0.0715. The maximum absolute atomic E-state index is 12.2. The Morgan fingerprint density at radius 3 is 2.34 bits per heavy atom. The van der Waals surface area contributed by atoms with Gasteiger partial charge in [0, 0.05) is 30.6 Å². The van der Waals surface area contributed by atoms with Gasteiger partial charge in [0.25, 0.3) is 0 Å². The fourth-order valence-electron chi connectivity index (χ4n) is 4.11. The van der Waals surface area contributed by atoms with Crippen LogP contribution in [0.2, 0.25) is 5.02 Å². The summed E-state index contributed by atoms with van der Waals surface area (Å²) in [6.45, 7) is 6.19. The Bertz CT molecular complexity index is 744. The Morgan fingerprint density at radius 1 is 1.10 bits per heavy atom. The van der Waals surface area contributed by atoms with Crippen molar-refractivity contribution in [3.05, 3.63) is 64.7 Å². The standard InChI is InChI=1S/C24H32ClNO3/c1-3-4-13-24(27,20-7-11-22(28-2)12-8-20)23(18-26-14-16-29-17-15-26)19-5-9-21(25)10-6-19/h5-12,23,27H,3-4,13-18H2,1-2H3/t23-,24-/m1/s1. The summed E-state index contributed by atoms with van der Waals surface area (Å²) in [5, 5.41) is 12.9. The summed E-state index contributed by atoms with van der Waals surface area (Å²) in [5.41, 5.74) is 1.06. The highest BCUT2D eigenvalue weighted by Crippen LogP contribution is 2.42. The molecule has 158 valence electrons. The number of hydrogen-bond acceptors (Lipinski definition) is 4. The highest BCUT2D eigenvalue weighted by molar-refractivity contribution is 6.30. The number of aliphatic hydroxyl groups is 1. The van der Waals surface area contributed by atoms with Gasteiger partial charge in [0.2, 0.25) is 0 Å². The fourth-order valence-corrected chi connectivity index (χ4v) is 4.24. The van der Waals surface area contributed by atoms with Crippen molar-refractivity contribution in [2.45, 2.75) is 37.7 Å². The predicted octanol–water partition coefficient (Wildman–Crippen LogP) is 4.84. The topological polar surface area (TPSA) is 41.9 Å². The first-order valence-corrected chi connectivity index (χ1v) is 10.9. The molecule has 5 heteroatoms. The average molecular weight is 418 g/mol. The maximum atomic E-state index is 12.2. The number of rotatable bonds is 9. The maximum Gasteiger partial charge on any atom is 0.118 e. The number of halogens is 1. The van der Waals surface area contributed by atoms with Crippen LogP contribution in [0.4, 0.5) is 0 Å². The zero-order valence-corrected chi connectivity index (χ0v) is 18.2. The van der Waals surface area contributed by atoms with Gasteiger partial charge in [-0.1, -0.05) is 55.6 Å². The molecule has 0 aliphatic carbocycles.